The molecule has 0 aromatic carbocycles. The van der Waals surface area contributed by atoms with E-state index in [1.165, 1.54) is 0 Å². The molecule has 11 heavy (non-hydrogen) atoms. The number of hydrogen-bond acceptors (Lipinski definition) is 2. The summed E-state index contributed by atoms with van der Waals surface area (Å²) in [5.74, 6) is -0.332. The summed E-state index contributed by atoms with van der Waals surface area (Å²) in [6.07, 6.45) is 1.93. The first kappa shape index (κ1) is 10.9. The zero-order valence-electron chi connectivity index (χ0n) is 6.54. The van der Waals surface area contributed by atoms with Crippen molar-refractivity contribution in [1.82, 2.24) is 5.32 Å². The second-order valence-electron chi connectivity index (χ2n) is 2.84. The maximum Gasteiger partial charge on any atom is 0.306 e. The Balaban J connectivity index is 0.000001000. The number of hydrogen-bond donors (Lipinski definition) is 2. The molecule has 2 N–H and O–H groups in total. The highest BCUT2D eigenvalue weighted by molar-refractivity contribution is 8.93. The van der Waals surface area contributed by atoms with Crippen LogP contribution in [0.4, 0.5) is 0 Å². The van der Waals surface area contributed by atoms with E-state index in [0.717, 1.165) is 19.4 Å². The number of carbonyl (C=O) groups is 1. The van der Waals surface area contributed by atoms with E-state index in [-0.39, 0.29) is 22.9 Å². The predicted molar refractivity (Wildman–Crippen MR) is 48.1 cm³/mol. The van der Waals surface area contributed by atoms with Gasteiger partial charge in [-0.2, -0.15) is 0 Å². The van der Waals surface area contributed by atoms with E-state index in [9.17, 15) is 4.79 Å². The van der Waals surface area contributed by atoms with Gasteiger partial charge in [0.15, 0.2) is 0 Å². The van der Waals surface area contributed by atoms with Crippen molar-refractivity contribution in [3.05, 3.63) is 0 Å². The number of aliphatic carboxylic acids is 1. The first-order valence-corrected chi connectivity index (χ1v) is 3.63. The topological polar surface area (TPSA) is 49.3 Å². The maximum atomic E-state index is 10.4. The largest absolute Gasteiger partial charge is 0.481 e. The third-order valence-electron chi connectivity index (χ3n) is 2.20. The van der Waals surface area contributed by atoms with Crippen LogP contribution in [0.1, 0.15) is 12.8 Å². The Labute approximate surface area is 76.9 Å². The van der Waals surface area contributed by atoms with Crippen molar-refractivity contribution in [2.24, 2.45) is 11.8 Å². The summed E-state index contributed by atoms with van der Waals surface area (Å²) in [5, 5.41) is 11.6. The molecule has 1 saturated carbocycles. The standard InChI is InChI=1S/C7H13NO2.BrH/c1-8-4-5-2-3-6(5)7(9)10;/h5-6,8H,2-4H2,1H3,(H,9,10);1H. The first-order valence-electron chi connectivity index (χ1n) is 3.63. The molecule has 0 aliphatic heterocycles. The van der Waals surface area contributed by atoms with Crippen LogP contribution in [0.3, 0.4) is 0 Å². The lowest BCUT2D eigenvalue weighted by molar-refractivity contribution is -0.147. The number of rotatable bonds is 3. The van der Waals surface area contributed by atoms with Crippen LogP contribution in [0.2, 0.25) is 0 Å². The summed E-state index contributed by atoms with van der Waals surface area (Å²) in [6.45, 7) is 0.844. The van der Waals surface area contributed by atoms with Crippen molar-refractivity contribution in [2.75, 3.05) is 13.6 Å². The van der Waals surface area contributed by atoms with Gasteiger partial charge in [-0.3, -0.25) is 4.79 Å². The summed E-state index contributed by atoms with van der Waals surface area (Å²) in [5.41, 5.74) is 0. The van der Waals surface area contributed by atoms with Gasteiger partial charge >= 0.3 is 5.97 Å². The van der Waals surface area contributed by atoms with Crippen molar-refractivity contribution in [3.8, 4) is 0 Å². The minimum atomic E-state index is -0.633. The molecular weight excluding hydrogens is 210 g/mol. The molecule has 3 nitrogen and oxygen atoms in total. The van der Waals surface area contributed by atoms with E-state index in [4.69, 9.17) is 5.11 Å². The van der Waals surface area contributed by atoms with Gasteiger partial charge in [0.2, 0.25) is 0 Å². The molecule has 0 saturated heterocycles. The van der Waals surface area contributed by atoms with Gasteiger partial charge in [0, 0.05) is 0 Å². The molecule has 1 aliphatic carbocycles. The molecule has 1 rings (SSSR count). The van der Waals surface area contributed by atoms with Crippen LogP contribution in [0, 0.1) is 11.8 Å². The molecule has 0 amide bonds. The molecular formula is C7H14BrNO2. The molecule has 1 aliphatic rings. The predicted octanol–water partition coefficient (Wildman–Crippen LogP) is 0.894. The molecule has 0 aromatic heterocycles. The van der Waals surface area contributed by atoms with E-state index in [2.05, 4.69) is 5.32 Å². The number of nitrogens with one attached hydrogen (secondary N) is 1. The highest BCUT2D eigenvalue weighted by Crippen LogP contribution is 2.33. The van der Waals surface area contributed by atoms with E-state index in [0.29, 0.717) is 5.92 Å². The SMILES string of the molecule is Br.CNCC1CCC1C(=O)O. The van der Waals surface area contributed by atoms with Gasteiger partial charge in [0.05, 0.1) is 5.92 Å². The second kappa shape index (κ2) is 4.72. The number of halogens is 1. The van der Waals surface area contributed by atoms with Crippen LogP contribution in [0.25, 0.3) is 0 Å². The van der Waals surface area contributed by atoms with Crippen LogP contribution >= 0.6 is 17.0 Å². The lowest BCUT2D eigenvalue weighted by Gasteiger charge is -2.32. The zero-order chi connectivity index (χ0) is 7.56. The fourth-order valence-corrected chi connectivity index (χ4v) is 1.40. The van der Waals surface area contributed by atoms with Crippen molar-refractivity contribution >= 4 is 23.0 Å². The van der Waals surface area contributed by atoms with Crippen LogP contribution in [-0.2, 0) is 4.79 Å². The van der Waals surface area contributed by atoms with Crippen LogP contribution in [0.15, 0.2) is 0 Å². The normalized spacial score (nSPS) is 28.5. The summed E-state index contributed by atoms with van der Waals surface area (Å²) >= 11 is 0. The molecule has 0 radical (unpaired) electrons. The molecule has 0 aromatic rings. The average molecular weight is 224 g/mol. The Morgan fingerprint density at radius 1 is 1.64 bits per heavy atom. The highest BCUT2D eigenvalue weighted by atomic mass is 79.9. The van der Waals surface area contributed by atoms with Gasteiger partial charge in [-0.25, -0.2) is 0 Å². The van der Waals surface area contributed by atoms with Gasteiger partial charge in [-0.1, -0.05) is 0 Å². The Morgan fingerprint density at radius 3 is 2.55 bits per heavy atom. The van der Waals surface area contributed by atoms with Gasteiger partial charge < -0.3 is 10.4 Å². The zero-order valence-corrected chi connectivity index (χ0v) is 8.25. The van der Waals surface area contributed by atoms with E-state index in [1.807, 2.05) is 7.05 Å². The van der Waals surface area contributed by atoms with E-state index >= 15 is 0 Å². The number of carboxylic acids is 1. The van der Waals surface area contributed by atoms with Gasteiger partial charge in [0.25, 0.3) is 0 Å². The molecule has 2 unspecified atom stereocenters. The lowest BCUT2D eigenvalue weighted by Crippen LogP contribution is -2.38. The average Bonchev–Trinajstić information content (AvgIpc) is 1.78. The fourth-order valence-electron chi connectivity index (χ4n) is 1.40. The monoisotopic (exact) mass is 223 g/mol. The maximum absolute atomic E-state index is 10.4. The molecule has 1 fully saturated rings. The Morgan fingerprint density at radius 2 is 2.27 bits per heavy atom. The highest BCUT2D eigenvalue weighted by Gasteiger charge is 2.35. The third kappa shape index (κ3) is 2.45. The molecule has 0 heterocycles. The van der Waals surface area contributed by atoms with Crippen LogP contribution in [-0.4, -0.2) is 24.7 Å². The Bertz CT molecular complexity index is 140. The van der Waals surface area contributed by atoms with Crippen LogP contribution in [0.5, 0.6) is 0 Å². The van der Waals surface area contributed by atoms with Gasteiger partial charge in [-0.15, -0.1) is 17.0 Å². The third-order valence-corrected chi connectivity index (χ3v) is 2.20. The Hall–Kier alpha value is -0.0900. The van der Waals surface area contributed by atoms with Crippen molar-refractivity contribution in [3.63, 3.8) is 0 Å². The fraction of sp³-hybridized carbons (Fsp3) is 0.857. The van der Waals surface area contributed by atoms with E-state index < -0.39 is 5.97 Å². The summed E-state index contributed by atoms with van der Waals surface area (Å²) < 4.78 is 0. The quantitative estimate of drug-likeness (QED) is 0.748. The molecule has 4 heteroatoms. The minimum Gasteiger partial charge on any atom is -0.481 e. The summed E-state index contributed by atoms with van der Waals surface area (Å²) in [4.78, 5) is 10.4. The summed E-state index contributed by atoms with van der Waals surface area (Å²) in [7, 11) is 1.86. The molecule has 0 bridgehead atoms. The minimum absolute atomic E-state index is 0. The Kier molecular flexibility index (Phi) is 4.68. The van der Waals surface area contributed by atoms with Gasteiger partial charge in [0.1, 0.15) is 0 Å². The van der Waals surface area contributed by atoms with Crippen LogP contribution < -0.4 is 5.32 Å². The first-order chi connectivity index (χ1) is 4.75. The van der Waals surface area contributed by atoms with Crippen molar-refractivity contribution in [1.29, 1.82) is 0 Å². The van der Waals surface area contributed by atoms with Crippen molar-refractivity contribution < 1.29 is 9.90 Å². The smallest absolute Gasteiger partial charge is 0.306 e. The number of carboxylic acid groups (broad SMARTS) is 1. The van der Waals surface area contributed by atoms with E-state index in [1.54, 1.807) is 0 Å². The molecule has 2 atom stereocenters. The molecule has 0 spiro atoms. The van der Waals surface area contributed by atoms with Gasteiger partial charge in [-0.05, 0) is 32.4 Å². The lowest BCUT2D eigenvalue weighted by atomic mass is 9.74. The van der Waals surface area contributed by atoms with Crippen molar-refractivity contribution in [2.45, 2.75) is 12.8 Å². The summed E-state index contributed by atoms with van der Waals surface area (Å²) in [6, 6.07) is 0. The second-order valence-corrected chi connectivity index (χ2v) is 2.84. The molecule has 66 valence electrons.